The van der Waals surface area contributed by atoms with Crippen LogP contribution in [0.1, 0.15) is 46.3 Å². The van der Waals surface area contributed by atoms with E-state index in [4.69, 9.17) is 0 Å². The van der Waals surface area contributed by atoms with Gasteiger partial charge in [0, 0.05) is 23.2 Å². The molecule has 0 aliphatic rings. The van der Waals surface area contributed by atoms with E-state index in [-0.39, 0.29) is 5.91 Å². The molecule has 0 bridgehead atoms. The molecule has 6 heteroatoms. The first-order valence-corrected chi connectivity index (χ1v) is 11.2. The van der Waals surface area contributed by atoms with Gasteiger partial charge in [-0.25, -0.2) is 0 Å². The number of fused-ring (bicyclic) bond motifs is 1. The Morgan fingerprint density at radius 1 is 1.06 bits per heavy atom. The number of carbonyl (C=O) groups is 1. The second-order valence-corrected chi connectivity index (χ2v) is 7.97. The summed E-state index contributed by atoms with van der Waals surface area (Å²) in [7, 11) is 0. The number of aromatic amines is 1. The second kappa shape index (κ2) is 10.5. The topological polar surface area (TPSA) is 82.7 Å². The molecular formula is C28H27N5O. The van der Waals surface area contributed by atoms with Crippen LogP contribution in [0.2, 0.25) is 0 Å². The Hall–Kier alpha value is -4.37. The SMILES string of the molecule is CCC#CCNC(=O)c1ccccc1Nc1ccc2c(/C=C/c3cc(C)cc(C)n3)n[nH]c2c1. The van der Waals surface area contributed by atoms with Crippen LogP contribution < -0.4 is 10.6 Å². The van der Waals surface area contributed by atoms with Gasteiger partial charge in [-0.2, -0.15) is 5.10 Å². The maximum Gasteiger partial charge on any atom is 0.254 e. The van der Waals surface area contributed by atoms with E-state index in [9.17, 15) is 4.79 Å². The van der Waals surface area contributed by atoms with Gasteiger partial charge in [-0.1, -0.05) is 25.0 Å². The molecule has 0 unspecified atom stereocenters. The van der Waals surface area contributed by atoms with Gasteiger partial charge in [0.1, 0.15) is 0 Å². The van der Waals surface area contributed by atoms with Crippen molar-refractivity contribution in [2.45, 2.75) is 27.2 Å². The van der Waals surface area contributed by atoms with Gasteiger partial charge in [-0.3, -0.25) is 14.9 Å². The second-order valence-electron chi connectivity index (χ2n) is 7.97. The fourth-order valence-electron chi connectivity index (χ4n) is 3.72. The summed E-state index contributed by atoms with van der Waals surface area (Å²) in [6.45, 7) is 6.36. The minimum atomic E-state index is -0.163. The van der Waals surface area contributed by atoms with Gasteiger partial charge in [-0.05, 0) is 74.0 Å². The zero-order chi connectivity index (χ0) is 23.9. The highest BCUT2D eigenvalue weighted by atomic mass is 16.1. The first-order valence-electron chi connectivity index (χ1n) is 11.2. The van der Waals surface area contributed by atoms with E-state index in [0.29, 0.717) is 12.1 Å². The summed E-state index contributed by atoms with van der Waals surface area (Å²) in [6.07, 6.45) is 4.71. The number of para-hydroxylation sites is 1. The molecule has 1 amide bonds. The lowest BCUT2D eigenvalue weighted by atomic mass is 10.1. The van der Waals surface area contributed by atoms with Gasteiger partial charge < -0.3 is 10.6 Å². The van der Waals surface area contributed by atoms with Crippen molar-refractivity contribution in [1.82, 2.24) is 20.5 Å². The van der Waals surface area contributed by atoms with Crippen molar-refractivity contribution >= 4 is 40.3 Å². The van der Waals surface area contributed by atoms with Gasteiger partial charge in [0.2, 0.25) is 0 Å². The van der Waals surface area contributed by atoms with Gasteiger partial charge in [0.25, 0.3) is 5.91 Å². The van der Waals surface area contributed by atoms with Crippen LogP contribution in [0, 0.1) is 25.7 Å². The van der Waals surface area contributed by atoms with E-state index >= 15 is 0 Å². The standard InChI is InChI=1S/C28H27N5O/c1-4-5-8-15-29-28(34)24-9-6-7-10-25(24)31-22-11-13-23-26(32-33-27(23)18-22)14-12-21-17-19(2)16-20(3)30-21/h6-7,9-14,16-18,31H,4,15H2,1-3H3,(H,29,34)(H,32,33)/b14-12+. The van der Waals surface area contributed by atoms with E-state index in [0.717, 1.165) is 45.8 Å². The van der Waals surface area contributed by atoms with Crippen LogP contribution in [0.15, 0.2) is 54.6 Å². The molecule has 2 heterocycles. The molecule has 0 saturated carbocycles. The highest BCUT2D eigenvalue weighted by Gasteiger charge is 2.11. The van der Waals surface area contributed by atoms with Gasteiger partial charge in [-0.15, -0.1) is 5.92 Å². The van der Waals surface area contributed by atoms with E-state index < -0.39 is 0 Å². The van der Waals surface area contributed by atoms with Crippen molar-refractivity contribution < 1.29 is 4.79 Å². The minimum Gasteiger partial charge on any atom is -0.355 e. The van der Waals surface area contributed by atoms with Crippen LogP contribution in [0.25, 0.3) is 23.1 Å². The minimum absolute atomic E-state index is 0.163. The number of pyridine rings is 1. The number of aromatic nitrogens is 3. The molecule has 0 atom stereocenters. The number of aryl methyl sites for hydroxylation is 2. The van der Waals surface area contributed by atoms with Crippen LogP contribution in [0.4, 0.5) is 11.4 Å². The Balaban J connectivity index is 1.53. The van der Waals surface area contributed by atoms with Gasteiger partial charge in [0.05, 0.1) is 34.7 Å². The molecule has 2 aromatic carbocycles. The molecule has 0 fully saturated rings. The number of hydrogen-bond donors (Lipinski definition) is 3. The smallest absolute Gasteiger partial charge is 0.254 e. The highest BCUT2D eigenvalue weighted by molar-refractivity contribution is 6.00. The lowest BCUT2D eigenvalue weighted by molar-refractivity contribution is 0.0959. The average Bonchev–Trinajstić information content (AvgIpc) is 3.22. The molecule has 0 radical (unpaired) electrons. The third-order valence-corrected chi connectivity index (χ3v) is 5.21. The molecular weight excluding hydrogens is 422 g/mol. The molecule has 0 aliphatic carbocycles. The quantitative estimate of drug-likeness (QED) is 0.333. The maximum atomic E-state index is 12.6. The maximum absolute atomic E-state index is 12.6. The Bertz CT molecular complexity index is 1400. The number of nitrogens with one attached hydrogen (secondary N) is 3. The van der Waals surface area contributed by atoms with E-state index in [1.807, 2.05) is 68.5 Å². The summed E-state index contributed by atoms with van der Waals surface area (Å²) in [5.74, 6) is 5.72. The summed E-state index contributed by atoms with van der Waals surface area (Å²) in [5, 5.41) is 14.8. The fraction of sp³-hybridized carbons (Fsp3) is 0.179. The van der Waals surface area contributed by atoms with Crippen molar-refractivity contribution in [3.8, 4) is 11.8 Å². The third kappa shape index (κ3) is 5.51. The summed E-state index contributed by atoms with van der Waals surface area (Å²) >= 11 is 0. The van der Waals surface area contributed by atoms with Crippen LogP contribution in [0.3, 0.4) is 0 Å². The average molecular weight is 450 g/mol. The van der Waals surface area contributed by atoms with Crippen molar-refractivity contribution in [2.24, 2.45) is 0 Å². The zero-order valence-electron chi connectivity index (χ0n) is 19.6. The Morgan fingerprint density at radius 2 is 1.91 bits per heavy atom. The number of amides is 1. The Labute approximate surface area is 199 Å². The molecule has 6 nitrogen and oxygen atoms in total. The molecule has 4 rings (SSSR count). The van der Waals surface area contributed by atoms with Crippen LogP contribution in [-0.4, -0.2) is 27.6 Å². The molecule has 34 heavy (non-hydrogen) atoms. The third-order valence-electron chi connectivity index (χ3n) is 5.21. The molecule has 170 valence electrons. The van der Waals surface area contributed by atoms with Crippen LogP contribution in [0.5, 0.6) is 0 Å². The highest BCUT2D eigenvalue weighted by Crippen LogP contribution is 2.26. The number of H-pyrrole nitrogens is 1. The zero-order valence-corrected chi connectivity index (χ0v) is 19.6. The lowest BCUT2D eigenvalue weighted by Crippen LogP contribution is -2.24. The van der Waals surface area contributed by atoms with Gasteiger partial charge >= 0.3 is 0 Å². The number of hydrogen-bond acceptors (Lipinski definition) is 4. The number of rotatable bonds is 6. The Morgan fingerprint density at radius 3 is 2.74 bits per heavy atom. The molecule has 0 saturated heterocycles. The number of nitrogens with zero attached hydrogens (tertiary/aromatic N) is 2. The summed E-state index contributed by atoms with van der Waals surface area (Å²) in [4.78, 5) is 17.2. The monoisotopic (exact) mass is 449 g/mol. The van der Waals surface area contributed by atoms with E-state index in [2.05, 4.69) is 50.6 Å². The van der Waals surface area contributed by atoms with E-state index in [1.165, 1.54) is 5.56 Å². The predicted molar refractivity (Wildman–Crippen MR) is 139 cm³/mol. The first kappa shape index (κ1) is 22.8. The van der Waals surface area contributed by atoms with Crippen molar-refractivity contribution in [1.29, 1.82) is 0 Å². The lowest BCUT2D eigenvalue weighted by Gasteiger charge is -2.11. The molecule has 0 spiro atoms. The van der Waals surface area contributed by atoms with Crippen LogP contribution in [-0.2, 0) is 0 Å². The largest absolute Gasteiger partial charge is 0.355 e. The molecule has 2 aromatic heterocycles. The van der Waals surface area contributed by atoms with Gasteiger partial charge in [0.15, 0.2) is 0 Å². The molecule has 0 aliphatic heterocycles. The Kier molecular flexibility index (Phi) is 7.04. The predicted octanol–water partition coefficient (Wildman–Crippen LogP) is 5.63. The van der Waals surface area contributed by atoms with Crippen molar-refractivity contribution in [2.75, 3.05) is 11.9 Å². The van der Waals surface area contributed by atoms with E-state index in [1.54, 1.807) is 6.07 Å². The molecule has 4 aromatic rings. The first-order chi connectivity index (χ1) is 16.5. The normalized spacial score (nSPS) is 10.8. The molecule has 3 N–H and O–H groups in total. The summed E-state index contributed by atoms with van der Waals surface area (Å²) < 4.78 is 0. The number of benzene rings is 2. The summed E-state index contributed by atoms with van der Waals surface area (Å²) in [6, 6.07) is 17.5. The summed E-state index contributed by atoms with van der Waals surface area (Å²) in [5.41, 5.74) is 6.96. The fourth-order valence-corrected chi connectivity index (χ4v) is 3.72. The van der Waals surface area contributed by atoms with Crippen LogP contribution >= 0.6 is 0 Å². The van der Waals surface area contributed by atoms with Crippen molar-refractivity contribution in [3.63, 3.8) is 0 Å². The number of carbonyl (C=O) groups excluding carboxylic acids is 1. The number of anilines is 2. The van der Waals surface area contributed by atoms with Crippen molar-refractivity contribution in [3.05, 3.63) is 82.8 Å².